The Bertz CT molecular complexity index is 881. The number of carbonyl (C=O) groups excluding carboxylic acids is 1. The van der Waals surface area contributed by atoms with Crippen LogP contribution in [0.3, 0.4) is 0 Å². The van der Waals surface area contributed by atoms with Crippen molar-refractivity contribution in [1.29, 1.82) is 0 Å². The summed E-state index contributed by atoms with van der Waals surface area (Å²) >= 11 is 6.32. The van der Waals surface area contributed by atoms with Gasteiger partial charge in [-0.3, -0.25) is 19.8 Å². The Hall–Kier alpha value is -2.58. The van der Waals surface area contributed by atoms with E-state index in [0.717, 1.165) is 11.8 Å². The molecule has 8 heteroatoms. The average Bonchev–Trinajstić information content (AvgIpc) is 2.81. The van der Waals surface area contributed by atoms with Gasteiger partial charge in [0.25, 0.3) is 11.6 Å². The number of thiocarbonyl (C=S) groups is 1. The topological polar surface area (TPSA) is 63.5 Å². The molecule has 0 aromatic heterocycles. The zero-order valence-corrected chi connectivity index (χ0v) is 13.6. The van der Waals surface area contributed by atoms with Crippen molar-refractivity contribution in [3.05, 3.63) is 74.9 Å². The number of hydrogen-bond donors (Lipinski definition) is 0. The van der Waals surface area contributed by atoms with Crippen molar-refractivity contribution in [2.75, 3.05) is 4.90 Å². The highest BCUT2D eigenvalue weighted by Gasteiger charge is 2.33. The molecular formula is C16H9FN2O3S2. The summed E-state index contributed by atoms with van der Waals surface area (Å²) in [6, 6.07) is 11.4. The van der Waals surface area contributed by atoms with Gasteiger partial charge < -0.3 is 0 Å². The Morgan fingerprint density at radius 3 is 2.54 bits per heavy atom. The first-order valence-electron chi connectivity index (χ1n) is 6.74. The highest BCUT2D eigenvalue weighted by molar-refractivity contribution is 8.27. The summed E-state index contributed by atoms with van der Waals surface area (Å²) in [5.74, 6) is -0.738. The van der Waals surface area contributed by atoms with E-state index in [1.54, 1.807) is 18.2 Å². The van der Waals surface area contributed by atoms with Crippen LogP contribution >= 0.6 is 24.0 Å². The van der Waals surface area contributed by atoms with Crippen LogP contribution in [0.1, 0.15) is 5.56 Å². The number of rotatable bonds is 3. The lowest BCUT2D eigenvalue weighted by atomic mass is 10.2. The van der Waals surface area contributed by atoms with Crippen LogP contribution in [-0.4, -0.2) is 15.2 Å². The van der Waals surface area contributed by atoms with Crippen LogP contribution in [0.4, 0.5) is 15.8 Å². The average molecular weight is 360 g/mol. The Kier molecular flexibility index (Phi) is 4.41. The zero-order valence-electron chi connectivity index (χ0n) is 12.0. The van der Waals surface area contributed by atoms with Crippen molar-refractivity contribution in [2.45, 2.75) is 0 Å². The van der Waals surface area contributed by atoms with Crippen molar-refractivity contribution >= 4 is 51.7 Å². The van der Waals surface area contributed by atoms with Crippen LogP contribution in [0.15, 0.2) is 53.4 Å². The van der Waals surface area contributed by atoms with E-state index in [0.29, 0.717) is 20.5 Å². The standard InChI is InChI=1S/C16H9FN2O3S2/c17-11-3-1-2-10(8-11)9-14-15(20)18(16(23)24-14)12-4-6-13(7-5-12)19(21)22/h1-9H. The Morgan fingerprint density at radius 2 is 1.92 bits per heavy atom. The molecule has 24 heavy (non-hydrogen) atoms. The van der Waals surface area contributed by atoms with Gasteiger partial charge in [0.1, 0.15) is 5.82 Å². The van der Waals surface area contributed by atoms with E-state index in [2.05, 4.69) is 0 Å². The first kappa shape index (κ1) is 16.3. The minimum atomic E-state index is -0.516. The number of non-ortho nitro benzene ring substituents is 1. The van der Waals surface area contributed by atoms with Crippen LogP contribution in [0, 0.1) is 15.9 Å². The molecule has 0 aliphatic carbocycles. The smallest absolute Gasteiger partial charge is 0.268 e. The Morgan fingerprint density at radius 1 is 1.21 bits per heavy atom. The zero-order chi connectivity index (χ0) is 17.3. The fourth-order valence-electron chi connectivity index (χ4n) is 2.16. The maximum absolute atomic E-state index is 13.2. The molecule has 2 aromatic carbocycles. The third-order valence-electron chi connectivity index (χ3n) is 3.26. The van der Waals surface area contributed by atoms with Crippen LogP contribution < -0.4 is 4.90 Å². The minimum absolute atomic E-state index is 0.0699. The fourth-order valence-corrected chi connectivity index (χ4v) is 3.46. The first-order chi connectivity index (χ1) is 11.5. The maximum atomic E-state index is 13.2. The summed E-state index contributed by atoms with van der Waals surface area (Å²) in [5, 5.41) is 10.7. The minimum Gasteiger partial charge on any atom is -0.268 e. The number of thioether (sulfide) groups is 1. The van der Waals surface area contributed by atoms with Gasteiger partial charge in [-0.15, -0.1) is 0 Å². The Labute approximate surface area is 145 Å². The molecule has 1 aliphatic rings. The normalized spacial score (nSPS) is 16.0. The van der Waals surface area contributed by atoms with E-state index < -0.39 is 10.7 Å². The second-order valence-electron chi connectivity index (χ2n) is 4.85. The maximum Gasteiger partial charge on any atom is 0.270 e. The predicted molar refractivity (Wildman–Crippen MR) is 95.1 cm³/mol. The highest BCUT2D eigenvalue weighted by Crippen LogP contribution is 2.36. The van der Waals surface area contributed by atoms with E-state index in [4.69, 9.17) is 12.2 Å². The number of nitro groups is 1. The molecule has 5 nitrogen and oxygen atoms in total. The van der Waals surface area contributed by atoms with Crippen LogP contribution in [0.5, 0.6) is 0 Å². The number of hydrogen-bond acceptors (Lipinski definition) is 5. The molecule has 0 atom stereocenters. The molecule has 0 N–H and O–H groups in total. The molecule has 2 aromatic rings. The van der Waals surface area contributed by atoms with E-state index in [1.807, 2.05) is 0 Å². The lowest BCUT2D eigenvalue weighted by Crippen LogP contribution is -2.27. The largest absolute Gasteiger partial charge is 0.270 e. The fraction of sp³-hybridized carbons (Fsp3) is 0. The number of anilines is 1. The summed E-state index contributed by atoms with van der Waals surface area (Å²) in [6.07, 6.45) is 1.56. The molecule has 1 heterocycles. The number of halogens is 1. The predicted octanol–water partition coefficient (Wildman–Crippen LogP) is 4.14. The van der Waals surface area contributed by atoms with Crippen molar-refractivity contribution < 1.29 is 14.1 Å². The lowest BCUT2D eigenvalue weighted by Gasteiger charge is -2.13. The van der Waals surface area contributed by atoms with Gasteiger partial charge in [0.05, 0.1) is 15.5 Å². The molecule has 1 amide bonds. The molecular weight excluding hydrogens is 351 g/mol. The second-order valence-corrected chi connectivity index (χ2v) is 6.52. The van der Waals surface area contributed by atoms with E-state index >= 15 is 0 Å². The molecule has 3 rings (SSSR count). The lowest BCUT2D eigenvalue weighted by molar-refractivity contribution is -0.384. The molecule has 0 unspecified atom stereocenters. The molecule has 0 bridgehead atoms. The van der Waals surface area contributed by atoms with E-state index in [1.165, 1.54) is 41.3 Å². The quantitative estimate of drug-likeness (QED) is 0.356. The van der Waals surface area contributed by atoms with Crippen molar-refractivity contribution in [3.8, 4) is 0 Å². The van der Waals surface area contributed by atoms with Crippen LogP contribution in [0.2, 0.25) is 0 Å². The molecule has 0 saturated carbocycles. The molecule has 1 aliphatic heterocycles. The van der Waals surface area contributed by atoms with Crippen LogP contribution in [-0.2, 0) is 4.79 Å². The van der Waals surface area contributed by atoms with Gasteiger partial charge in [-0.05, 0) is 35.9 Å². The summed E-state index contributed by atoms with van der Waals surface area (Å²) in [6.45, 7) is 0. The number of carbonyl (C=O) groups is 1. The van der Waals surface area contributed by atoms with Gasteiger partial charge >= 0.3 is 0 Å². The van der Waals surface area contributed by atoms with Gasteiger partial charge in [0, 0.05) is 12.1 Å². The summed E-state index contributed by atoms with van der Waals surface area (Å²) in [7, 11) is 0. The molecule has 0 spiro atoms. The number of nitrogens with zero attached hydrogens (tertiary/aromatic N) is 2. The summed E-state index contributed by atoms with van der Waals surface area (Å²) in [4.78, 5) is 24.4. The Balaban J connectivity index is 1.90. The molecule has 1 fully saturated rings. The van der Waals surface area contributed by atoms with E-state index in [9.17, 15) is 19.3 Å². The van der Waals surface area contributed by atoms with Gasteiger partial charge in [-0.1, -0.05) is 36.1 Å². The van der Waals surface area contributed by atoms with Crippen molar-refractivity contribution in [1.82, 2.24) is 0 Å². The van der Waals surface area contributed by atoms with E-state index in [-0.39, 0.29) is 11.6 Å². The van der Waals surface area contributed by atoms with Gasteiger partial charge in [0.15, 0.2) is 4.32 Å². The number of benzene rings is 2. The van der Waals surface area contributed by atoms with Crippen molar-refractivity contribution in [2.24, 2.45) is 0 Å². The number of nitro benzene ring substituents is 1. The van der Waals surface area contributed by atoms with Crippen molar-refractivity contribution in [3.63, 3.8) is 0 Å². The second kappa shape index (κ2) is 6.50. The summed E-state index contributed by atoms with van der Waals surface area (Å²) in [5.41, 5.74) is 0.935. The van der Waals surface area contributed by atoms with Crippen LogP contribution in [0.25, 0.3) is 6.08 Å². The van der Waals surface area contributed by atoms with Gasteiger partial charge in [0.2, 0.25) is 0 Å². The number of amides is 1. The highest BCUT2D eigenvalue weighted by atomic mass is 32.2. The van der Waals surface area contributed by atoms with Gasteiger partial charge in [-0.25, -0.2) is 4.39 Å². The molecule has 1 saturated heterocycles. The third-order valence-corrected chi connectivity index (χ3v) is 4.56. The summed E-state index contributed by atoms with van der Waals surface area (Å²) < 4.78 is 13.6. The molecule has 0 radical (unpaired) electrons. The third kappa shape index (κ3) is 3.19. The molecule has 120 valence electrons. The first-order valence-corrected chi connectivity index (χ1v) is 7.96. The SMILES string of the molecule is O=C1C(=Cc2cccc(F)c2)SC(=S)N1c1ccc([N+](=O)[O-])cc1. The monoisotopic (exact) mass is 360 g/mol. The van der Waals surface area contributed by atoms with Gasteiger partial charge in [-0.2, -0.15) is 0 Å².